The summed E-state index contributed by atoms with van der Waals surface area (Å²) in [5.41, 5.74) is 0.487. The molecule has 0 fully saturated rings. The average molecular weight is 361 g/mol. The number of nitrogens with one attached hydrogen (secondary N) is 1. The summed E-state index contributed by atoms with van der Waals surface area (Å²) in [6.07, 6.45) is 1.49. The lowest BCUT2D eigenvalue weighted by Gasteiger charge is -2.14. The van der Waals surface area contributed by atoms with Crippen LogP contribution in [0.25, 0.3) is 0 Å². The zero-order valence-electron chi connectivity index (χ0n) is 10.4. The number of carbonyl (C=O) groups excluding carboxylic acids is 1. The second-order valence-corrected chi connectivity index (χ2v) is 5.24. The Morgan fingerprint density at radius 1 is 1.33 bits per heavy atom. The van der Waals surface area contributed by atoms with Gasteiger partial charge in [-0.1, -0.05) is 13.8 Å². The van der Waals surface area contributed by atoms with Gasteiger partial charge in [0.1, 0.15) is 0 Å². The van der Waals surface area contributed by atoms with E-state index in [1.807, 2.05) is 36.4 Å². The summed E-state index contributed by atoms with van der Waals surface area (Å²) in [6, 6.07) is 4.95. The van der Waals surface area contributed by atoms with Gasteiger partial charge in [-0.25, -0.2) is 4.79 Å². The highest BCUT2D eigenvalue weighted by Crippen LogP contribution is 2.20. The maximum Gasteiger partial charge on any atom is 0.337 e. The molecule has 0 radical (unpaired) electrons. The number of carboxylic acid groups (broad SMARTS) is 1. The van der Waals surface area contributed by atoms with Crippen molar-refractivity contribution in [2.24, 2.45) is 5.92 Å². The third kappa shape index (κ3) is 3.69. The monoisotopic (exact) mass is 361 g/mol. The third-order valence-electron chi connectivity index (χ3n) is 2.83. The van der Waals surface area contributed by atoms with Crippen molar-refractivity contribution in [3.05, 3.63) is 27.3 Å². The molecule has 2 N–H and O–H groups in total. The Labute approximate surface area is 120 Å². The van der Waals surface area contributed by atoms with Gasteiger partial charge in [0, 0.05) is 9.49 Å². The number of hydrogen-bond donors (Lipinski definition) is 2. The van der Waals surface area contributed by atoms with Crippen LogP contribution in [0.2, 0.25) is 0 Å². The second-order valence-electron chi connectivity index (χ2n) is 4.00. The highest BCUT2D eigenvalue weighted by Gasteiger charge is 2.17. The van der Waals surface area contributed by atoms with Gasteiger partial charge in [0.05, 0.1) is 11.3 Å². The molecule has 1 rings (SSSR count). The average Bonchev–Trinajstić information content (AvgIpc) is 2.32. The van der Waals surface area contributed by atoms with Crippen molar-refractivity contribution in [2.45, 2.75) is 26.7 Å². The smallest absolute Gasteiger partial charge is 0.337 e. The summed E-state index contributed by atoms with van der Waals surface area (Å²) in [5, 5.41) is 11.8. The molecule has 0 aliphatic heterocycles. The van der Waals surface area contributed by atoms with E-state index in [-0.39, 0.29) is 17.4 Å². The summed E-state index contributed by atoms with van der Waals surface area (Å²) in [7, 11) is 0. The molecule has 1 aromatic rings. The lowest BCUT2D eigenvalue weighted by molar-refractivity contribution is -0.120. The molecule has 0 saturated carbocycles. The largest absolute Gasteiger partial charge is 0.478 e. The van der Waals surface area contributed by atoms with E-state index in [1.165, 1.54) is 0 Å². The number of rotatable bonds is 5. The molecule has 0 aliphatic carbocycles. The Morgan fingerprint density at radius 2 is 1.94 bits per heavy atom. The van der Waals surface area contributed by atoms with Crippen LogP contribution in [0.3, 0.4) is 0 Å². The van der Waals surface area contributed by atoms with Gasteiger partial charge < -0.3 is 10.4 Å². The zero-order chi connectivity index (χ0) is 13.7. The van der Waals surface area contributed by atoms with E-state index in [0.717, 1.165) is 16.4 Å². The topological polar surface area (TPSA) is 66.4 Å². The van der Waals surface area contributed by atoms with Gasteiger partial charge in [-0.2, -0.15) is 0 Å². The highest BCUT2D eigenvalue weighted by molar-refractivity contribution is 14.1. The molecular formula is C13H16INO3. The molecule has 0 bridgehead atoms. The maximum atomic E-state index is 11.9. The Morgan fingerprint density at radius 3 is 2.44 bits per heavy atom. The highest BCUT2D eigenvalue weighted by atomic mass is 127. The molecule has 0 heterocycles. The van der Waals surface area contributed by atoms with Crippen LogP contribution in [0.15, 0.2) is 18.2 Å². The van der Waals surface area contributed by atoms with Crippen molar-refractivity contribution >= 4 is 40.2 Å². The third-order valence-corrected chi connectivity index (χ3v) is 3.50. The molecule has 98 valence electrons. The lowest BCUT2D eigenvalue weighted by Crippen LogP contribution is -2.23. The van der Waals surface area contributed by atoms with Gasteiger partial charge in [0.2, 0.25) is 5.91 Å². The van der Waals surface area contributed by atoms with Crippen molar-refractivity contribution in [3.8, 4) is 0 Å². The number of hydrogen-bond acceptors (Lipinski definition) is 2. The standard InChI is InChI=1S/C13H16INO3/c1-3-8(4-2)12(16)15-11-6-5-9(14)7-10(11)13(17)18/h5-8H,3-4H2,1-2H3,(H,15,16)(H,17,18). The Hall–Kier alpha value is -1.11. The number of anilines is 1. The summed E-state index contributed by atoms with van der Waals surface area (Å²) >= 11 is 2.04. The first-order valence-corrected chi connectivity index (χ1v) is 6.91. The maximum absolute atomic E-state index is 11.9. The minimum absolute atomic E-state index is 0.0778. The molecule has 0 aliphatic rings. The number of aromatic carboxylic acids is 1. The number of amides is 1. The first kappa shape index (κ1) is 14.9. The van der Waals surface area contributed by atoms with Gasteiger partial charge in [0.15, 0.2) is 0 Å². The molecular weight excluding hydrogens is 345 g/mol. The first-order chi connectivity index (χ1) is 8.49. The minimum atomic E-state index is -1.03. The van der Waals surface area contributed by atoms with E-state index in [4.69, 9.17) is 5.11 Å². The summed E-state index contributed by atoms with van der Waals surface area (Å²) < 4.78 is 0.825. The van der Waals surface area contributed by atoms with Gasteiger partial charge in [-0.05, 0) is 53.6 Å². The Balaban J connectivity index is 2.97. The fourth-order valence-corrected chi connectivity index (χ4v) is 2.19. The molecule has 1 amide bonds. The van der Waals surface area contributed by atoms with Gasteiger partial charge >= 0.3 is 5.97 Å². The number of benzene rings is 1. The molecule has 0 spiro atoms. The van der Waals surface area contributed by atoms with Crippen LogP contribution in [0.1, 0.15) is 37.0 Å². The minimum Gasteiger partial charge on any atom is -0.478 e. The Bertz CT molecular complexity index is 456. The van der Waals surface area contributed by atoms with Crippen LogP contribution in [0.4, 0.5) is 5.69 Å². The first-order valence-electron chi connectivity index (χ1n) is 5.83. The van der Waals surface area contributed by atoms with E-state index >= 15 is 0 Å². The van der Waals surface area contributed by atoms with Crippen LogP contribution in [0.5, 0.6) is 0 Å². The molecule has 0 unspecified atom stereocenters. The normalized spacial score (nSPS) is 10.4. The SMILES string of the molecule is CCC(CC)C(=O)Nc1ccc(I)cc1C(=O)O. The van der Waals surface area contributed by atoms with Gasteiger partial charge in [0.25, 0.3) is 0 Å². The fourth-order valence-electron chi connectivity index (χ4n) is 1.70. The molecule has 4 nitrogen and oxygen atoms in total. The van der Waals surface area contributed by atoms with E-state index in [1.54, 1.807) is 18.2 Å². The zero-order valence-corrected chi connectivity index (χ0v) is 12.5. The van der Waals surface area contributed by atoms with Crippen molar-refractivity contribution in [3.63, 3.8) is 0 Å². The number of carbonyl (C=O) groups is 2. The quantitative estimate of drug-likeness (QED) is 0.791. The Kier molecular flexibility index (Phi) is 5.58. The second kappa shape index (κ2) is 6.72. The van der Waals surface area contributed by atoms with Crippen molar-refractivity contribution in [1.29, 1.82) is 0 Å². The lowest BCUT2D eigenvalue weighted by atomic mass is 10.0. The van der Waals surface area contributed by atoms with Crippen molar-refractivity contribution in [2.75, 3.05) is 5.32 Å². The number of carboxylic acids is 1. The van der Waals surface area contributed by atoms with E-state index in [0.29, 0.717) is 5.69 Å². The van der Waals surface area contributed by atoms with Crippen molar-refractivity contribution in [1.82, 2.24) is 0 Å². The molecule has 1 aromatic carbocycles. The number of halogens is 1. The van der Waals surface area contributed by atoms with Gasteiger partial charge in [-0.3, -0.25) is 4.79 Å². The van der Waals surface area contributed by atoms with Gasteiger partial charge in [-0.15, -0.1) is 0 Å². The van der Waals surface area contributed by atoms with E-state index < -0.39 is 5.97 Å². The summed E-state index contributed by atoms with van der Waals surface area (Å²) in [4.78, 5) is 23.0. The molecule has 5 heteroatoms. The molecule has 0 aromatic heterocycles. The fraction of sp³-hybridized carbons (Fsp3) is 0.385. The van der Waals surface area contributed by atoms with Crippen LogP contribution in [-0.4, -0.2) is 17.0 Å². The van der Waals surface area contributed by atoms with Crippen molar-refractivity contribution < 1.29 is 14.7 Å². The summed E-state index contributed by atoms with van der Waals surface area (Å²) in [5.74, 6) is -1.23. The predicted molar refractivity (Wildman–Crippen MR) is 78.8 cm³/mol. The molecule has 0 atom stereocenters. The molecule has 0 saturated heterocycles. The summed E-state index contributed by atoms with van der Waals surface area (Å²) in [6.45, 7) is 3.89. The van der Waals surface area contributed by atoms with Crippen LogP contribution < -0.4 is 5.32 Å². The van der Waals surface area contributed by atoms with Crippen LogP contribution in [-0.2, 0) is 4.79 Å². The van der Waals surface area contributed by atoms with E-state index in [2.05, 4.69) is 5.32 Å². The van der Waals surface area contributed by atoms with Crippen LogP contribution >= 0.6 is 22.6 Å². The van der Waals surface area contributed by atoms with E-state index in [9.17, 15) is 9.59 Å². The van der Waals surface area contributed by atoms with Crippen LogP contribution in [0, 0.1) is 9.49 Å². The predicted octanol–water partition coefficient (Wildman–Crippen LogP) is 3.36. The molecule has 18 heavy (non-hydrogen) atoms.